The van der Waals surface area contributed by atoms with Crippen molar-refractivity contribution < 1.29 is 9.53 Å². The van der Waals surface area contributed by atoms with Crippen LogP contribution < -0.4 is 4.74 Å². The number of aromatic nitrogens is 2. The second kappa shape index (κ2) is 3.10. The molecule has 2 aromatic rings. The number of fused-ring (bicyclic) bond motifs is 1. The zero-order valence-corrected chi connectivity index (χ0v) is 7.67. The summed E-state index contributed by atoms with van der Waals surface area (Å²) in [7, 11) is 1.53. The Labute approximate surface area is 78.3 Å². The van der Waals surface area contributed by atoms with Crippen molar-refractivity contribution in [2.75, 3.05) is 7.11 Å². The number of hydrogen-bond acceptors (Lipinski definition) is 5. The number of carbonyl (C=O) groups excluding carboxylic acids is 1. The molecule has 2 rings (SSSR count). The third-order valence-corrected chi connectivity index (χ3v) is 2.53. The number of aldehydes is 1. The summed E-state index contributed by atoms with van der Waals surface area (Å²) in [5.74, 6) is 0.563. The van der Waals surface area contributed by atoms with Gasteiger partial charge in [-0.05, 0) is 23.7 Å². The van der Waals surface area contributed by atoms with Gasteiger partial charge in [-0.15, -0.1) is 5.10 Å². The molecule has 13 heavy (non-hydrogen) atoms. The summed E-state index contributed by atoms with van der Waals surface area (Å²) in [5, 5.41) is 3.86. The molecule has 5 heteroatoms. The van der Waals surface area contributed by atoms with Crippen molar-refractivity contribution in [3.63, 3.8) is 0 Å². The Morgan fingerprint density at radius 3 is 3.08 bits per heavy atom. The van der Waals surface area contributed by atoms with Gasteiger partial charge >= 0.3 is 0 Å². The average molecular weight is 194 g/mol. The number of carbonyl (C=O) groups is 1. The van der Waals surface area contributed by atoms with Crippen molar-refractivity contribution >= 4 is 28.0 Å². The summed E-state index contributed by atoms with van der Waals surface area (Å²) in [6.45, 7) is 0. The summed E-state index contributed by atoms with van der Waals surface area (Å²) in [4.78, 5) is 10.8. The number of rotatable bonds is 2. The van der Waals surface area contributed by atoms with Crippen LogP contribution in [0.3, 0.4) is 0 Å². The maximum atomic E-state index is 10.8. The molecular weight excluding hydrogens is 188 g/mol. The minimum Gasteiger partial charge on any atom is -0.496 e. The molecule has 1 aromatic carbocycles. The molecule has 66 valence electrons. The molecule has 0 aliphatic heterocycles. The predicted octanol–water partition coefficient (Wildman–Crippen LogP) is 1.51. The van der Waals surface area contributed by atoms with E-state index in [2.05, 4.69) is 9.59 Å². The van der Waals surface area contributed by atoms with E-state index in [1.807, 2.05) is 0 Å². The van der Waals surface area contributed by atoms with Gasteiger partial charge in [-0.3, -0.25) is 4.79 Å². The van der Waals surface area contributed by atoms with Gasteiger partial charge < -0.3 is 4.74 Å². The van der Waals surface area contributed by atoms with Crippen LogP contribution in [0, 0.1) is 0 Å². The maximum absolute atomic E-state index is 10.8. The van der Waals surface area contributed by atoms with Crippen LogP contribution in [-0.4, -0.2) is 23.0 Å². The summed E-state index contributed by atoms with van der Waals surface area (Å²) in [5.41, 5.74) is 1.25. The maximum Gasteiger partial charge on any atom is 0.155 e. The lowest BCUT2D eigenvalue weighted by atomic mass is 10.2. The fraction of sp³-hybridized carbons (Fsp3) is 0.125. The molecule has 1 heterocycles. The average Bonchev–Trinajstić information content (AvgIpc) is 2.63. The van der Waals surface area contributed by atoms with Gasteiger partial charge in [0, 0.05) is 0 Å². The third-order valence-electron chi connectivity index (χ3n) is 1.75. The van der Waals surface area contributed by atoms with E-state index in [-0.39, 0.29) is 0 Å². The largest absolute Gasteiger partial charge is 0.496 e. The van der Waals surface area contributed by atoms with E-state index >= 15 is 0 Å². The van der Waals surface area contributed by atoms with Gasteiger partial charge in [0.05, 0.1) is 17.4 Å². The number of methoxy groups -OCH3 is 1. The smallest absolute Gasteiger partial charge is 0.155 e. The first kappa shape index (κ1) is 8.12. The Morgan fingerprint density at radius 2 is 2.38 bits per heavy atom. The fourth-order valence-electron chi connectivity index (χ4n) is 1.14. The van der Waals surface area contributed by atoms with E-state index in [0.717, 1.165) is 16.5 Å². The van der Waals surface area contributed by atoms with Crippen LogP contribution in [0.4, 0.5) is 0 Å². The zero-order valence-electron chi connectivity index (χ0n) is 6.85. The lowest BCUT2D eigenvalue weighted by Gasteiger charge is -2.01. The molecule has 0 saturated heterocycles. The SMILES string of the molecule is COc1ccc2nnsc2c1C=O. The molecule has 1 aromatic heterocycles. The van der Waals surface area contributed by atoms with Gasteiger partial charge in [-0.25, -0.2) is 0 Å². The van der Waals surface area contributed by atoms with Crippen molar-refractivity contribution in [2.45, 2.75) is 0 Å². The van der Waals surface area contributed by atoms with E-state index in [1.54, 1.807) is 12.1 Å². The van der Waals surface area contributed by atoms with Crippen molar-refractivity contribution in [1.82, 2.24) is 9.59 Å². The molecule has 0 radical (unpaired) electrons. The van der Waals surface area contributed by atoms with Gasteiger partial charge in [-0.2, -0.15) is 0 Å². The molecule has 0 spiro atoms. The van der Waals surface area contributed by atoms with Gasteiger partial charge in [0.15, 0.2) is 6.29 Å². The first-order valence-electron chi connectivity index (χ1n) is 3.61. The van der Waals surface area contributed by atoms with Crippen LogP contribution in [0.2, 0.25) is 0 Å². The van der Waals surface area contributed by atoms with Crippen LogP contribution in [-0.2, 0) is 0 Å². The van der Waals surface area contributed by atoms with Crippen molar-refractivity contribution in [2.24, 2.45) is 0 Å². The summed E-state index contributed by atoms with van der Waals surface area (Å²) < 4.78 is 9.57. The zero-order chi connectivity index (χ0) is 9.26. The Morgan fingerprint density at radius 1 is 1.54 bits per heavy atom. The fourth-order valence-corrected chi connectivity index (χ4v) is 1.80. The standard InChI is InChI=1S/C8H6N2O2S/c1-12-7-3-2-6-8(5(7)4-11)13-10-9-6/h2-4H,1H3. The minimum absolute atomic E-state index is 0.523. The topological polar surface area (TPSA) is 52.1 Å². The molecular formula is C8H6N2O2S. The van der Waals surface area contributed by atoms with E-state index in [4.69, 9.17) is 4.74 Å². The highest BCUT2D eigenvalue weighted by molar-refractivity contribution is 7.13. The molecule has 0 unspecified atom stereocenters. The van der Waals surface area contributed by atoms with Crippen LogP contribution in [0.15, 0.2) is 12.1 Å². The second-order valence-corrected chi connectivity index (χ2v) is 3.17. The van der Waals surface area contributed by atoms with E-state index in [1.165, 1.54) is 18.6 Å². The normalized spacial score (nSPS) is 10.2. The van der Waals surface area contributed by atoms with Gasteiger partial charge in [0.25, 0.3) is 0 Å². The van der Waals surface area contributed by atoms with Gasteiger partial charge in [0.2, 0.25) is 0 Å². The van der Waals surface area contributed by atoms with Crippen molar-refractivity contribution in [3.05, 3.63) is 17.7 Å². The summed E-state index contributed by atoms with van der Waals surface area (Å²) in [6, 6.07) is 3.50. The van der Waals surface area contributed by atoms with Crippen LogP contribution in [0.1, 0.15) is 10.4 Å². The quantitative estimate of drug-likeness (QED) is 0.680. The highest BCUT2D eigenvalue weighted by atomic mass is 32.1. The number of hydrogen-bond donors (Lipinski definition) is 0. The Bertz CT molecular complexity index is 452. The van der Waals surface area contributed by atoms with Gasteiger partial charge in [0.1, 0.15) is 11.3 Å². The molecule has 0 saturated carbocycles. The lowest BCUT2D eigenvalue weighted by Crippen LogP contribution is -1.89. The van der Waals surface area contributed by atoms with E-state index < -0.39 is 0 Å². The monoisotopic (exact) mass is 194 g/mol. The molecule has 0 aliphatic carbocycles. The molecule has 0 fully saturated rings. The Kier molecular flexibility index (Phi) is 1.94. The first-order chi connectivity index (χ1) is 6.36. The minimum atomic E-state index is 0.523. The molecule has 0 amide bonds. The molecule has 0 N–H and O–H groups in total. The van der Waals surface area contributed by atoms with Crippen molar-refractivity contribution in [3.8, 4) is 5.75 Å². The van der Waals surface area contributed by atoms with E-state index in [9.17, 15) is 4.79 Å². The number of ether oxygens (including phenoxy) is 1. The molecule has 0 atom stereocenters. The predicted molar refractivity (Wildman–Crippen MR) is 49.4 cm³/mol. The molecule has 4 nitrogen and oxygen atoms in total. The second-order valence-electron chi connectivity index (χ2n) is 2.42. The van der Waals surface area contributed by atoms with Crippen LogP contribution in [0.25, 0.3) is 10.2 Å². The highest BCUT2D eigenvalue weighted by Crippen LogP contribution is 2.27. The number of nitrogens with zero attached hydrogens (tertiary/aromatic N) is 2. The Hall–Kier alpha value is -1.49. The van der Waals surface area contributed by atoms with Crippen molar-refractivity contribution in [1.29, 1.82) is 0 Å². The summed E-state index contributed by atoms with van der Waals surface area (Å²) in [6.07, 6.45) is 0.765. The Balaban J connectivity index is 2.81. The van der Waals surface area contributed by atoms with Crippen LogP contribution in [0.5, 0.6) is 5.75 Å². The molecule has 0 bridgehead atoms. The molecule has 0 aliphatic rings. The summed E-state index contributed by atoms with van der Waals surface area (Å²) >= 11 is 1.20. The lowest BCUT2D eigenvalue weighted by molar-refractivity contribution is 0.112. The first-order valence-corrected chi connectivity index (χ1v) is 4.38. The highest BCUT2D eigenvalue weighted by Gasteiger charge is 2.09. The van der Waals surface area contributed by atoms with E-state index in [0.29, 0.717) is 11.3 Å². The van der Waals surface area contributed by atoms with Crippen LogP contribution >= 0.6 is 11.5 Å². The van der Waals surface area contributed by atoms with Gasteiger partial charge in [-0.1, -0.05) is 4.49 Å². The number of benzene rings is 1. The third kappa shape index (κ3) is 1.17.